The first-order valence-electron chi connectivity index (χ1n) is 16.0. The number of benzene rings is 6. The number of aromatic nitrogens is 2. The summed E-state index contributed by atoms with van der Waals surface area (Å²) >= 11 is 0. The molecule has 2 aromatic heterocycles. The van der Waals surface area contributed by atoms with Crippen molar-refractivity contribution in [1.29, 1.82) is 10.5 Å². The maximum atomic E-state index is 14.1. The molecule has 0 aliphatic carbocycles. The summed E-state index contributed by atoms with van der Waals surface area (Å²) in [6.45, 7) is 0. The number of halogens is 9. The molecule has 0 amide bonds. The van der Waals surface area contributed by atoms with Crippen LogP contribution in [0.1, 0.15) is 27.8 Å². The molecule has 4 nitrogen and oxygen atoms in total. The van der Waals surface area contributed by atoms with E-state index in [0.29, 0.717) is 38.6 Å². The van der Waals surface area contributed by atoms with Crippen LogP contribution in [-0.4, -0.2) is 9.13 Å². The van der Waals surface area contributed by atoms with E-state index in [-0.39, 0.29) is 39.1 Å². The zero-order valence-corrected chi connectivity index (χ0v) is 27.2. The van der Waals surface area contributed by atoms with Crippen molar-refractivity contribution >= 4 is 43.6 Å². The Hall–Kier alpha value is -6.73. The number of nitriles is 2. The minimum Gasteiger partial charge on any atom is -0.309 e. The Bertz CT molecular complexity index is 2930. The van der Waals surface area contributed by atoms with Crippen molar-refractivity contribution in [3.63, 3.8) is 0 Å². The molecule has 2 heterocycles. The normalized spacial score (nSPS) is 12.5. The van der Waals surface area contributed by atoms with E-state index in [1.165, 1.54) is 33.4 Å². The van der Waals surface area contributed by atoms with Gasteiger partial charge < -0.3 is 9.13 Å². The number of alkyl halides is 9. The molecular formula is C41H19F9N4. The highest BCUT2D eigenvalue weighted by Crippen LogP contribution is 2.44. The van der Waals surface area contributed by atoms with Crippen LogP contribution in [0.2, 0.25) is 0 Å². The van der Waals surface area contributed by atoms with E-state index < -0.39 is 40.8 Å². The third-order valence-corrected chi connectivity index (χ3v) is 9.48. The first kappa shape index (κ1) is 34.4. The van der Waals surface area contributed by atoms with Crippen LogP contribution in [-0.2, 0) is 18.5 Å². The highest BCUT2D eigenvalue weighted by Gasteiger charge is 2.34. The van der Waals surface area contributed by atoms with Gasteiger partial charge in [-0.25, -0.2) is 0 Å². The number of fused-ring (bicyclic) bond motifs is 6. The lowest BCUT2D eigenvalue weighted by Crippen LogP contribution is -2.08. The summed E-state index contributed by atoms with van der Waals surface area (Å²) in [4.78, 5) is 0. The molecule has 0 unspecified atom stereocenters. The van der Waals surface area contributed by atoms with Crippen molar-refractivity contribution in [2.24, 2.45) is 0 Å². The van der Waals surface area contributed by atoms with Gasteiger partial charge in [-0.15, -0.1) is 0 Å². The molecule has 0 bridgehead atoms. The number of rotatable bonds is 3. The second-order valence-corrected chi connectivity index (χ2v) is 12.5. The van der Waals surface area contributed by atoms with Crippen molar-refractivity contribution < 1.29 is 39.5 Å². The number of hydrogen-bond donors (Lipinski definition) is 0. The molecule has 0 radical (unpaired) electrons. The molecule has 0 N–H and O–H groups in total. The van der Waals surface area contributed by atoms with Crippen LogP contribution in [0.3, 0.4) is 0 Å². The number of para-hydroxylation sites is 2. The fourth-order valence-corrected chi connectivity index (χ4v) is 7.11. The molecule has 6 aromatic carbocycles. The van der Waals surface area contributed by atoms with Crippen molar-refractivity contribution in [3.8, 4) is 34.6 Å². The summed E-state index contributed by atoms with van der Waals surface area (Å²) in [6.07, 6.45) is -14.3. The summed E-state index contributed by atoms with van der Waals surface area (Å²) in [5.74, 6) is 0. The first-order valence-corrected chi connectivity index (χ1v) is 16.0. The fraction of sp³-hybridized carbons (Fsp3) is 0.0732. The zero-order chi connectivity index (χ0) is 38.3. The quantitative estimate of drug-likeness (QED) is 0.170. The molecule has 0 saturated carbocycles. The molecule has 0 aliphatic heterocycles. The van der Waals surface area contributed by atoms with E-state index in [4.69, 9.17) is 0 Å². The van der Waals surface area contributed by atoms with Gasteiger partial charge in [0.25, 0.3) is 0 Å². The van der Waals surface area contributed by atoms with Crippen LogP contribution in [0.15, 0.2) is 115 Å². The molecule has 0 spiro atoms. The van der Waals surface area contributed by atoms with Crippen LogP contribution in [0.5, 0.6) is 0 Å². The summed E-state index contributed by atoms with van der Waals surface area (Å²) in [6, 6.07) is 28.6. The van der Waals surface area contributed by atoms with Crippen molar-refractivity contribution in [2.75, 3.05) is 0 Å². The van der Waals surface area contributed by atoms with E-state index in [0.717, 1.165) is 36.4 Å². The van der Waals surface area contributed by atoms with E-state index in [1.54, 1.807) is 54.6 Å². The smallest absolute Gasteiger partial charge is 0.309 e. The predicted molar refractivity (Wildman–Crippen MR) is 185 cm³/mol. The number of hydrogen-bond acceptors (Lipinski definition) is 2. The molecule has 0 aliphatic rings. The Morgan fingerprint density at radius 1 is 0.389 bits per heavy atom. The maximum Gasteiger partial charge on any atom is 0.416 e. The molecule has 266 valence electrons. The van der Waals surface area contributed by atoms with E-state index >= 15 is 0 Å². The minimum atomic E-state index is -4.83. The highest BCUT2D eigenvalue weighted by atomic mass is 19.4. The van der Waals surface area contributed by atoms with Gasteiger partial charge in [-0.3, -0.25) is 0 Å². The Balaban J connectivity index is 1.55. The standard InChI is InChI=1S/C41H19F9N4/c42-39(43,44)24-9-12-27(22(15-24)20-51)32-19-35(53-33-7-3-1-5-28(33)30-13-10-25(17-37(30)53)40(45,46)47)23(21-52)16-36(32)54-34-8-4-2-6-29(34)31-14-11-26(18-38(31)54)41(48,49)50/h1-19H. The van der Waals surface area contributed by atoms with Crippen LogP contribution in [0.4, 0.5) is 39.5 Å². The highest BCUT2D eigenvalue weighted by molar-refractivity contribution is 6.11. The second-order valence-electron chi connectivity index (χ2n) is 12.5. The van der Waals surface area contributed by atoms with Gasteiger partial charge in [0.2, 0.25) is 0 Å². The fourth-order valence-electron chi connectivity index (χ4n) is 7.11. The zero-order valence-electron chi connectivity index (χ0n) is 27.2. The van der Waals surface area contributed by atoms with E-state index in [2.05, 4.69) is 6.07 Å². The van der Waals surface area contributed by atoms with Gasteiger partial charge in [0.15, 0.2) is 0 Å². The third kappa shape index (κ3) is 5.39. The first-order chi connectivity index (χ1) is 25.6. The SMILES string of the molecule is N#Cc1cc(C(F)(F)F)ccc1-c1cc(-n2c3ccccc3c3ccc(C(F)(F)F)cc32)c(C#N)cc1-n1c2ccccc2c2ccc(C(F)(F)F)cc21. The van der Waals surface area contributed by atoms with Gasteiger partial charge in [0.1, 0.15) is 6.07 Å². The lowest BCUT2D eigenvalue weighted by atomic mass is 9.94. The van der Waals surface area contributed by atoms with Gasteiger partial charge in [0, 0.05) is 32.7 Å². The Morgan fingerprint density at radius 2 is 0.815 bits per heavy atom. The monoisotopic (exact) mass is 738 g/mol. The third-order valence-electron chi connectivity index (χ3n) is 9.48. The summed E-state index contributed by atoms with van der Waals surface area (Å²) < 4.78 is 129. The molecule has 0 fully saturated rings. The average Bonchev–Trinajstić information content (AvgIpc) is 3.65. The lowest BCUT2D eigenvalue weighted by Gasteiger charge is -2.20. The second kappa shape index (κ2) is 11.9. The molecule has 0 saturated heterocycles. The molecule has 13 heteroatoms. The van der Waals surface area contributed by atoms with E-state index in [1.807, 2.05) is 0 Å². The van der Waals surface area contributed by atoms with Crippen LogP contribution in [0.25, 0.3) is 66.1 Å². The largest absolute Gasteiger partial charge is 0.416 e. The summed E-state index contributed by atoms with van der Waals surface area (Å²) in [7, 11) is 0. The Labute approximate surface area is 298 Å². The molecule has 54 heavy (non-hydrogen) atoms. The topological polar surface area (TPSA) is 57.4 Å². The number of nitrogens with zero attached hydrogens (tertiary/aromatic N) is 4. The average molecular weight is 739 g/mol. The van der Waals surface area contributed by atoms with E-state index in [9.17, 15) is 50.0 Å². The van der Waals surface area contributed by atoms with Crippen LogP contribution in [0, 0.1) is 22.7 Å². The molecule has 8 rings (SSSR count). The summed E-state index contributed by atoms with van der Waals surface area (Å²) in [5.41, 5.74) is -2.80. The maximum absolute atomic E-state index is 14.1. The van der Waals surface area contributed by atoms with Crippen molar-refractivity contribution in [3.05, 3.63) is 143 Å². The van der Waals surface area contributed by atoms with Crippen molar-refractivity contribution in [2.45, 2.75) is 18.5 Å². The lowest BCUT2D eigenvalue weighted by molar-refractivity contribution is -0.138. The van der Waals surface area contributed by atoms with Crippen LogP contribution < -0.4 is 0 Å². The summed E-state index contributed by atoms with van der Waals surface area (Å²) in [5, 5.41) is 22.7. The molecular weight excluding hydrogens is 719 g/mol. The van der Waals surface area contributed by atoms with Gasteiger partial charge in [-0.05, 0) is 60.7 Å². The van der Waals surface area contributed by atoms with Gasteiger partial charge in [-0.2, -0.15) is 50.0 Å². The van der Waals surface area contributed by atoms with Crippen LogP contribution >= 0.6 is 0 Å². The van der Waals surface area contributed by atoms with Gasteiger partial charge in [0.05, 0.1) is 67.3 Å². The van der Waals surface area contributed by atoms with Gasteiger partial charge >= 0.3 is 18.5 Å². The Kier molecular flexibility index (Phi) is 7.57. The van der Waals surface area contributed by atoms with Gasteiger partial charge in [-0.1, -0.05) is 54.6 Å². The van der Waals surface area contributed by atoms with Crippen molar-refractivity contribution in [1.82, 2.24) is 9.13 Å². The molecule has 0 atom stereocenters. The predicted octanol–water partition coefficient (Wildman–Crippen LogP) is 12.3. The Morgan fingerprint density at radius 3 is 1.30 bits per heavy atom. The molecule has 8 aromatic rings. The minimum absolute atomic E-state index is 0.0160.